The van der Waals surface area contributed by atoms with Gasteiger partial charge in [-0.3, -0.25) is 0 Å². The molecule has 60 heavy (non-hydrogen) atoms. The summed E-state index contributed by atoms with van der Waals surface area (Å²) in [5, 5.41) is 2.63. The second kappa shape index (κ2) is 13.7. The molecule has 0 amide bonds. The normalized spacial score (nSPS) is 15.7. The zero-order chi connectivity index (χ0) is 40.8. The molecule has 0 nitrogen and oxygen atoms in total. The average molecular weight is 769 g/mol. The molecule has 2 aliphatic carbocycles. The van der Waals surface area contributed by atoms with Crippen molar-refractivity contribution >= 4 is 10.8 Å². The van der Waals surface area contributed by atoms with Crippen molar-refractivity contribution in [1.82, 2.24) is 0 Å². The molecule has 0 N–H and O–H groups in total. The van der Waals surface area contributed by atoms with Crippen LogP contribution in [0.3, 0.4) is 0 Å². The Balaban J connectivity index is 1.19. The Labute approximate surface area is 354 Å². The Hall–Kier alpha value is -6.76. The highest BCUT2D eigenvalue weighted by Crippen LogP contribution is 2.60. The molecule has 0 saturated carbocycles. The zero-order valence-corrected chi connectivity index (χ0v) is 35.1. The van der Waals surface area contributed by atoms with Gasteiger partial charge in [0.15, 0.2) is 0 Å². The minimum absolute atomic E-state index is 0.303. The molecule has 0 bridgehead atoms. The van der Waals surface area contributed by atoms with E-state index in [2.05, 4.69) is 223 Å². The fourth-order valence-corrected chi connectivity index (χ4v) is 10.9. The van der Waals surface area contributed by atoms with Gasteiger partial charge in [-0.15, -0.1) is 0 Å². The third kappa shape index (κ3) is 5.44. The molecule has 0 heterocycles. The summed E-state index contributed by atoms with van der Waals surface area (Å²) in [5.74, 6) is 0. The van der Waals surface area contributed by atoms with E-state index in [-0.39, 0.29) is 5.41 Å². The maximum atomic E-state index is 2.52. The number of benzene rings is 9. The summed E-state index contributed by atoms with van der Waals surface area (Å²) in [7, 11) is 0. The molecule has 2 aliphatic rings. The van der Waals surface area contributed by atoms with Crippen molar-refractivity contribution in [3.05, 3.63) is 249 Å². The Kier molecular flexibility index (Phi) is 8.27. The van der Waals surface area contributed by atoms with Crippen LogP contribution in [0.2, 0.25) is 0 Å². The van der Waals surface area contributed by atoms with Crippen LogP contribution < -0.4 is 0 Å². The van der Waals surface area contributed by atoms with E-state index in [1.165, 1.54) is 116 Å². The molecular formula is C60H48. The second-order valence-electron chi connectivity index (χ2n) is 17.8. The van der Waals surface area contributed by atoms with Crippen molar-refractivity contribution in [1.29, 1.82) is 0 Å². The molecule has 9 aromatic carbocycles. The first-order valence-electron chi connectivity index (χ1n) is 21.5. The van der Waals surface area contributed by atoms with Crippen molar-refractivity contribution in [2.45, 2.75) is 51.9 Å². The van der Waals surface area contributed by atoms with Gasteiger partial charge in [0, 0.05) is 5.41 Å². The van der Waals surface area contributed by atoms with E-state index in [1.807, 2.05) is 0 Å². The highest BCUT2D eigenvalue weighted by Gasteiger charge is 2.48. The lowest BCUT2D eigenvalue weighted by Gasteiger charge is -2.35. The van der Waals surface area contributed by atoms with E-state index in [4.69, 9.17) is 0 Å². The standard InChI is InChI=1S/C60H48/c1-38-13-21-42(22-14-38)45-26-32-51-52-33-25-44-9-6-7-11-50(44)58(52)59(5,55(51)35-45)37-47-10-8-12-54-57(47)53-34-27-46(43-23-15-39(2)16-24-43)36-56(53)60(54,48-28-17-40(3)18-29-48)49-30-19-41(4)20-31-49/h6-36H,37H2,1-5H3. The van der Waals surface area contributed by atoms with Crippen LogP contribution in [-0.2, 0) is 17.3 Å². The highest BCUT2D eigenvalue weighted by molar-refractivity contribution is 5.99. The van der Waals surface area contributed by atoms with Gasteiger partial charge in [-0.2, -0.15) is 0 Å². The van der Waals surface area contributed by atoms with E-state index >= 15 is 0 Å². The van der Waals surface area contributed by atoms with Crippen LogP contribution in [0, 0.1) is 27.7 Å². The van der Waals surface area contributed by atoms with Crippen LogP contribution in [0.25, 0.3) is 55.3 Å². The third-order valence-electron chi connectivity index (χ3n) is 13.9. The molecule has 0 fully saturated rings. The van der Waals surface area contributed by atoms with E-state index in [9.17, 15) is 0 Å². The van der Waals surface area contributed by atoms with Crippen LogP contribution in [0.5, 0.6) is 0 Å². The van der Waals surface area contributed by atoms with Gasteiger partial charge in [-0.05, 0) is 140 Å². The van der Waals surface area contributed by atoms with E-state index in [0.29, 0.717) is 0 Å². The average Bonchev–Trinajstić information content (AvgIpc) is 3.71. The maximum absolute atomic E-state index is 2.52. The van der Waals surface area contributed by atoms with Gasteiger partial charge in [0.25, 0.3) is 0 Å². The minimum atomic E-state index is -0.513. The molecular weight excluding hydrogens is 721 g/mol. The van der Waals surface area contributed by atoms with E-state index in [1.54, 1.807) is 0 Å². The second-order valence-corrected chi connectivity index (χ2v) is 17.8. The van der Waals surface area contributed by atoms with Crippen LogP contribution in [-0.4, -0.2) is 0 Å². The van der Waals surface area contributed by atoms with E-state index < -0.39 is 5.41 Å². The summed E-state index contributed by atoms with van der Waals surface area (Å²) < 4.78 is 0. The molecule has 0 heteroatoms. The van der Waals surface area contributed by atoms with Gasteiger partial charge in [0.05, 0.1) is 5.41 Å². The number of rotatable bonds is 6. The summed E-state index contributed by atoms with van der Waals surface area (Å²) in [6.07, 6.45) is 0.860. The molecule has 0 aromatic heterocycles. The Bertz CT molecular complexity index is 3080. The summed E-state index contributed by atoms with van der Waals surface area (Å²) >= 11 is 0. The zero-order valence-electron chi connectivity index (χ0n) is 35.1. The first-order valence-corrected chi connectivity index (χ1v) is 21.5. The van der Waals surface area contributed by atoms with Crippen molar-refractivity contribution in [2.75, 3.05) is 0 Å². The molecule has 1 unspecified atom stereocenters. The first-order chi connectivity index (χ1) is 29.2. The van der Waals surface area contributed by atoms with Gasteiger partial charge in [-0.25, -0.2) is 0 Å². The van der Waals surface area contributed by atoms with Crippen LogP contribution in [0.4, 0.5) is 0 Å². The fraction of sp³-hybridized carbons (Fsp3) is 0.133. The summed E-state index contributed by atoms with van der Waals surface area (Å²) in [4.78, 5) is 0. The highest BCUT2D eigenvalue weighted by atomic mass is 14.5. The molecule has 11 rings (SSSR count). The molecule has 0 aliphatic heterocycles. The van der Waals surface area contributed by atoms with E-state index in [0.717, 1.165) is 6.42 Å². The SMILES string of the molecule is Cc1ccc(-c2ccc3c(c2)C(C)(Cc2cccc4c2-c2ccc(-c5ccc(C)cc5)cc2C4(c2ccc(C)cc2)c2ccc(C)cc2)c2c-3ccc3ccccc23)cc1. The lowest BCUT2D eigenvalue weighted by atomic mass is 9.67. The summed E-state index contributed by atoms with van der Waals surface area (Å²) in [5.41, 5.74) is 24.2. The molecule has 0 radical (unpaired) electrons. The van der Waals surface area contributed by atoms with Gasteiger partial charge in [0.1, 0.15) is 0 Å². The van der Waals surface area contributed by atoms with Crippen LogP contribution >= 0.6 is 0 Å². The predicted molar refractivity (Wildman–Crippen MR) is 253 cm³/mol. The van der Waals surface area contributed by atoms with Crippen LogP contribution in [0.1, 0.15) is 68.1 Å². The van der Waals surface area contributed by atoms with Crippen molar-refractivity contribution < 1.29 is 0 Å². The summed E-state index contributed by atoms with van der Waals surface area (Å²) in [6.45, 7) is 11.2. The van der Waals surface area contributed by atoms with Crippen molar-refractivity contribution in [3.8, 4) is 44.5 Å². The van der Waals surface area contributed by atoms with Gasteiger partial charge < -0.3 is 0 Å². The minimum Gasteiger partial charge on any atom is -0.0616 e. The van der Waals surface area contributed by atoms with Gasteiger partial charge >= 0.3 is 0 Å². The van der Waals surface area contributed by atoms with Crippen molar-refractivity contribution in [2.24, 2.45) is 0 Å². The smallest absolute Gasteiger partial charge is 0.0616 e. The van der Waals surface area contributed by atoms with Gasteiger partial charge in [0.2, 0.25) is 0 Å². The lowest BCUT2D eigenvalue weighted by molar-refractivity contribution is 0.588. The van der Waals surface area contributed by atoms with Crippen LogP contribution in [0.15, 0.2) is 188 Å². The molecule has 1 atom stereocenters. The monoisotopic (exact) mass is 768 g/mol. The number of aryl methyl sites for hydroxylation is 4. The largest absolute Gasteiger partial charge is 0.0713 e. The first kappa shape index (κ1) is 36.3. The number of hydrogen-bond donors (Lipinski definition) is 0. The summed E-state index contributed by atoms with van der Waals surface area (Å²) in [6, 6.07) is 72.1. The topological polar surface area (TPSA) is 0 Å². The van der Waals surface area contributed by atoms with Gasteiger partial charge in [-0.1, -0.05) is 205 Å². The Morgan fingerprint density at radius 1 is 0.383 bits per heavy atom. The quantitative estimate of drug-likeness (QED) is 0.158. The lowest BCUT2D eigenvalue weighted by Crippen LogP contribution is -2.29. The molecule has 0 saturated heterocycles. The fourth-order valence-electron chi connectivity index (χ4n) is 10.9. The Morgan fingerprint density at radius 3 is 1.48 bits per heavy atom. The van der Waals surface area contributed by atoms with Crippen molar-refractivity contribution in [3.63, 3.8) is 0 Å². The molecule has 0 spiro atoms. The molecule has 9 aromatic rings. The number of fused-ring (bicyclic) bond motifs is 8. The maximum Gasteiger partial charge on any atom is 0.0713 e. The molecule has 288 valence electrons. The Morgan fingerprint density at radius 2 is 0.883 bits per heavy atom. The predicted octanol–water partition coefficient (Wildman–Crippen LogP) is 15.3. The third-order valence-corrected chi connectivity index (χ3v) is 13.9. The number of hydrogen-bond acceptors (Lipinski definition) is 0.